The molecular weight excluding hydrogens is 352 g/mol. The van der Waals surface area contributed by atoms with Crippen molar-refractivity contribution in [3.8, 4) is 0 Å². The molecule has 8 heteroatoms. The molecular formula is C18H26N4O3S. The molecule has 0 saturated carbocycles. The van der Waals surface area contributed by atoms with Crippen LogP contribution in [0.4, 0.5) is 11.5 Å². The average Bonchev–Trinajstić information content (AvgIpc) is 2.99. The molecule has 26 heavy (non-hydrogen) atoms. The van der Waals surface area contributed by atoms with Gasteiger partial charge in [0, 0.05) is 13.1 Å². The van der Waals surface area contributed by atoms with Crippen molar-refractivity contribution in [2.45, 2.75) is 47.1 Å². The number of aromatic nitrogens is 2. The van der Waals surface area contributed by atoms with Gasteiger partial charge in [0.15, 0.2) is 5.69 Å². The number of aromatic amines is 1. The standard InChI is InChI=1S/C18H26N4O3S/c1-5-6-8-21(17(24)14-12(4)7-9-26-14)13-15(19)22(10-11(2)3)18(25)20-16(13)23/h7,9,11H,5-6,8,10,19H2,1-4H3,(H,20,23,25). The number of rotatable bonds is 7. The fraction of sp³-hybridized carbons (Fsp3) is 0.500. The van der Waals surface area contributed by atoms with Crippen LogP contribution in [0.15, 0.2) is 21.0 Å². The van der Waals surface area contributed by atoms with Gasteiger partial charge in [-0.05, 0) is 36.3 Å². The summed E-state index contributed by atoms with van der Waals surface area (Å²) >= 11 is 1.33. The van der Waals surface area contributed by atoms with E-state index in [0.717, 1.165) is 18.4 Å². The van der Waals surface area contributed by atoms with Crippen molar-refractivity contribution < 1.29 is 4.79 Å². The van der Waals surface area contributed by atoms with Crippen LogP contribution in [-0.2, 0) is 6.54 Å². The Hall–Kier alpha value is -2.35. The molecule has 0 aromatic carbocycles. The topological polar surface area (TPSA) is 101 Å². The van der Waals surface area contributed by atoms with Crippen molar-refractivity contribution in [3.05, 3.63) is 42.7 Å². The Labute approximate surface area is 156 Å². The highest BCUT2D eigenvalue weighted by atomic mass is 32.1. The Morgan fingerprint density at radius 2 is 2.08 bits per heavy atom. The first kappa shape index (κ1) is 20.0. The summed E-state index contributed by atoms with van der Waals surface area (Å²) in [5.41, 5.74) is 5.91. The van der Waals surface area contributed by atoms with E-state index in [1.165, 1.54) is 20.8 Å². The van der Waals surface area contributed by atoms with E-state index in [4.69, 9.17) is 5.73 Å². The molecule has 0 aliphatic carbocycles. The third-order valence-electron chi connectivity index (χ3n) is 4.07. The van der Waals surface area contributed by atoms with Crippen molar-refractivity contribution in [1.82, 2.24) is 9.55 Å². The van der Waals surface area contributed by atoms with Crippen LogP contribution in [0.2, 0.25) is 0 Å². The zero-order valence-corrected chi connectivity index (χ0v) is 16.5. The average molecular weight is 378 g/mol. The van der Waals surface area contributed by atoms with Gasteiger partial charge in [-0.3, -0.25) is 24.0 Å². The number of nitrogens with zero attached hydrogens (tertiary/aromatic N) is 2. The fourth-order valence-electron chi connectivity index (χ4n) is 2.73. The van der Waals surface area contributed by atoms with Crippen LogP contribution in [0.5, 0.6) is 0 Å². The highest BCUT2D eigenvalue weighted by molar-refractivity contribution is 7.12. The second-order valence-corrected chi connectivity index (χ2v) is 7.66. The van der Waals surface area contributed by atoms with Gasteiger partial charge in [-0.1, -0.05) is 27.2 Å². The fourth-order valence-corrected chi connectivity index (χ4v) is 3.60. The minimum atomic E-state index is -0.633. The molecule has 7 nitrogen and oxygen atoms in total. The number of aryl methyl sites for hydroxylation is 1. The number of amides is 1. The van der Waals surface area contributed by atoms with Crippen molar-refractivity contribution in [2.24, 2.45) is 5.92 Å². The van der Waals surface area contributed by atoms with E-state index in [0.29, 0.717) is 18.0 Å². The monoisotopic (exact) mass is 378 g/mol. The lowest BCUT2D eigenvalue weighted by atomic mass is 10.2. The zero-order valence-electron chi connectivity index (χ0n) is 15.7. The number of unbranched alkanes of at least 4 members (excludes halogenated alkanes) is 1. The molecule has 0 aliphatic rings. The predicted molar refractivity (Wildman–Crippen MR) is 106 cm³/mol. The van der Waals surface area contributed by atoms with E-state index in [1.807, 2.05) is 39.1 Å². The number of carbonyl (C=O) groups is 1. The SMILES string of the molecule is CCCCN(C(=O)c1sccc1C)c1c(N)n(CC(C)C)c(=O)[nH]c1=O. The first-order valence-electron chi connectivity index (χ1n) is 8.76. The lowest BCUT2D eigenvalue weighted by molar-refractivity contribution is 0.0989. The minimum absolute atomic E-state index is 0.0334. The Morgan fingerprint density at radius 1 is 1.38 bits per heavy atom. The minimum Gasteiger partial charge on any atom is -0.383 e. The number of anilines is 2. The molecule has 142 valence electrons. The van der Waals surface area contributed by atoms with Gasteiger partial charge in [0.05, 0.1) is 4.88 Å². The number of nitrogens with one attached hydrogen (secondary N) is 1. The van der Waals surface area contributed by atoms with Gasteiger partial charge < -0.3 is 5.73 Å². The van der Waals surface area contributed by atoms with Gasteiger partial charge in [0.2, 0.25) is 0 Å². The summed E-state index contributed by atoms with van der Waals surface area (Å²) in [6.45, 7) is 8.49. The Morgan fingerprint density at radius 3 is 2.62 bits per heavy atom. The van der Waals surface area contributed by atoms with Crippen molar-refractivity contribution >= 4 is 28.7 Å². The summed E-state index contributed by atoms with van der Waals surface area (Å²) < 4.78 is 1.33. The summed E-state index contributed by atoms with van der Waals surface area (Å²) in [5, 5.41) is 1.84. The summed E-state index contributed by atoms with van der Waals surface area (Å²) in [7, 11) is 0. The zero-order chi connectivity index (χ0) is 19.4. The molecule has 0 spiro atoms. The molecule has 2 aromatic heterocycles. The lowest BCUT2D eigenvalue weighted by Gasteiger charge is -2.24. The van der Waals surface area contributed by atoms with Gasteiger partial charge in [-0.15, -0.1) is 11.3 Å². The van der Waals surface area contributed by atoms with Crippen LogP contribution in [0, 0.1) is 12.8 Å². The van der Waals surface area contributed by atoms with Gasteiger partial charge in [-0.25, -0.2) is 4.79 Å². The van der Waals surface area contributed by atoms with Gasteiger partial charge in [0.1, 0.15) is 5.82 Å². The van der Waals surface area contributed by atoms with Crippen LogP contribution >= 0.6 is 11.3 Å². The molecule has 0 unspecified atom stereocenters. The van der Waals surface area contributed by atoms with E-state index in [9.17, 15) is 14.4 Å². The molecule has 0 aliphatic heterocycles. The largest absolute Gasteiger partial charge is 0.383 e. The van der Waals surface area contributed by atoms with E-state index in [-0.39, 0.29) is 23.3 Å². The molecule has 1 amide bonds. The van der Waals surface area contributed by atoms with Gasteiger partial charge >= 0.3 is 5.69 Å². The van der Waals surface area contributed by atoms with E-state index in [2.05, 4.69) is 4.98 Å². The van der Waals surface area contributed by atoms with Gasteiger partial charge in [0.25, 0.3) is 11.5 Å². The smallest absolute Gasteiger partial charge is 0.330 e. The number of hydrogen-bond acceptors (Lipinski definition) is 5. The maximum absolute atomic E-state index is 13.1. The molecule has 3 N–H and O–H groups in total. The van der Waals surface area contributed by atoms with Crippen LogP contribution < -0.4 is 21.9 Å². The summed E-state index contributed by atoms with van der Waals surface area (Å²) in [6, 6.07) is 1.86. The van der Waals surface area contributed by atoms with Crippen LogP contribution in [0.1, 0.15) is 48.8 Å². The number of nitrogen functional groups attached to an aromatic ring is 1. The molecule has 0 bridgehead atoms. The molecule has 2 aromatic rings. The van der Waals surface area contributed by atoms with Crippen molar-refractivity contribution in [2.75, 3.05) is 17.2 Å². The third-order valence-corrected chi connectivity index (χ3v) is 5.07. The van der Waals surface area contributed by atoms with Crippen LogP contribution in [-0.4, -0.2) is 22.0 Å². The predicted octanol–water partition coefficient (Wildman–Crippen LogP) is 2.59. The van der Waals surface area contributed by atoms with Crippen LogP contribution in [0.3, 0.4) is 0 Å². The summed E-state index contributed by atoms with van der Waals surface area (Å²) in [6.07, 6.45) is 1.58. The third kappa shape index (κ3) is 4.07. The normalized spacial score (nSPS) is 11.1. The second-order valence-electron chi connectivity index (χ2n) is 6.74. The van der Waals surface area contributed by atoms with E-state index >= 15 is 0 Å². The Kier molecular flexibility index (Phi) is 6.42. The molecule has 0 fully saturated rings. The maximum Gasteiger partial charge on any atom is 0.330 e. The number of hydrogen-bond donors (Lipinski definition) is 2. The Bertz CT molecular complexity index is 895. The highest BCUT2D eigenvalue weighted by Gasteiger charge is 2.26. The molecule has 2 rings (SSSR count). The number of thiophene rings is 1. The van der Waals surface area contributed by atoms with Gasteiger partial charge in [-0.2, -0.15) is 0 Å². The molecule has 0 radical (unpaired) electrons. The molecule has 2 heterocycles. The van der Waals surface area contributed by atoms with Crippen molar-refractivity contribution in [3.63, 3.8) is 0 Å². The summed E-state index contributed by atoms with van der Waals surface area (Å²) in [4.78, 5) is 42.1. The van der Waals surface area contributed by atoms with E-state index < -0.39 is 11.2 Å². The van der Waals surface area contributed by atoms with E-state index in [1.54, 1.807) is 0 Å². The first-order valence-corrected chi connectivity index (χ1v) is 9.64. The Balaban J connectivity index is 2.61. The maximum atomic E-state index is 13.1. The first-order chi connectivity index (χ1) is 12.3. The highest BCUT2D eigenvalue weighted by Crippen LogP contribution is 2.24. The van der Waals surface area contributed by atoms with Crippen molar-refractivity contribution in [1.29, 1.82) is 0 Å². The number of nitrogens with two attached hydrogens (primary N) is 1. The summed E-state index contributed by atoms with van der Waals surface area (Å²) in [5.74, 6) is -0.0721. The van der Waals surface area contributed by atoms with Crippen LogP contribution in [0.25, 0.3) is 0 Å². The second kappa shape index (κ2) is 8.35. The lowest BCUT2D eigenvalue weighted by Crippen LogP contribution is -2.42. The molecule has 0 saturated heterocycles. The number of carbonyl (C=O) groups excluding carboxylic acids is 1. The molecule has 0 atom stereocenters. The number of H-pyrrole nitrogens is 1. The quantitative estimate of drug-likeness (QED) is 0.773.